The second kappa shape index (κ2) is 5.24. The predicted molar refractivity (Wildman–Crippen MR) is 93.2 cm³/mol. The number of hydrogen-bond donors (Lipinski definition) is 3. The summed E-state index contributed by atoms with van der Waals surface area (Å²) in [5.41, 5.74) is 5.02. The van der Waals surface area contributed by atoms with Crippen molar-refractivity contribution in [2.45, 2.75) is 6.92 Å². The van der Waals surface area contributed by atoms with E-state index in [0.29, 0.717) is 5.95 Å². The molecule has 0 amide bonds. The van der Waals surface area contributed by atoms with Crippen LogP contribution in [0.1, 0.15) is 5.56 Å². The zero-order valence-electron chi connectivity index (χ0n) is 12.9. The van der Waals surface area contributed by atoms with E-state index < -0.39 is 0 Å². The maximum absolute atomic E-state index is 4.66. The second-order valence-electron chi connectivity index (χ2n) is 5.42. The van der Waals surface area contributed by atoms with Gasteiger partial charge in [0.05, 0.1) is 17.2 Å². The first-order chi connectivity index (χ1) is 11.2. The molecule has 4 aromatic rings. The van der Waals surface area contributed by atoms with Crippen LogP contribution in [-0.4, -0.2) is 27.2 Å². The van der Waals surface area contributed by atoms with Gasteiger partial charge >= 0.3 is 0 Å². The molecule has 0 fully saturated rings. The molecule has 3 N–H and O–H groups in total. The van der Waals surface area contributed by atoms with Gasteiger partial charge in [-0.25, -0.2) is 9.97 Å². The van der Waals surface area contributed by atoms with Gasteiger partial charge in [-0.1, -0.05) is 0 Å². The lowest BCUT2D eigenvalue weighted by atomic mass is 10.1. The molecule has 0 saturated carbocycles. The van der Waals surface area contributed by atoms with Crippen molar-refractivity contribution in [2.24, 2.45) is 0 Å². The van der Waals surface area contributed by atoms with Gasteiger partial charge in [-0.15, -0.1) is 0 Å². The zero-order chi connectivity index (χ0) is 15.8. The summed E-state index contributed by atoms with van der Waals surface area (Å²) < 4.78 is 0. The van der Waals surface area contributed by atoms with Crippen molar-refractivity contribution in [3.05, 3.63) is 48.3 Å². The molecule has 2 heterocycles. The third kappa shape index (κ3) is 2.34. The third-order valence-electron chi connectivity index (χ3n) is 3.97. The van der Waals surface area contributed by atoms with Crippen LogP contribution in [0.5, 0.6) is 0 Å². The summed E-state index contributed by atoms with van der Waals surface area (Å²) in [5.74, 6) is 0.577. The fourth-order valence-electron chi connectivity index (χ4n) is 2.71. The number of benzene rings is 2. The monoisotopic (exact) mass is 304 g/mol. The van der Waals surface area contributed by atoms with E-state index >= 15 is 0 Å². The van der Waals surface area contributed by atoms with E-state index in [1.165, 1.54) is 0 Å². The number of nitrogens with zero attached hydrogens (tertiary/aromatic N) is 3. The lowest BCUT2D eigenvalue weighted by Gasteiger charge is -2.10. The van der Waals surface area contributed by atoms with Crippen LogP contribution in [0.2, 0.25) is 0 Å². The van der Waals surface area contributed by atoms with E-state index in [0.717, 1.165) is 38.7 Å². The topological polar surface area (TPSA) is 78.5 Å². The first kappa shape index (κ1) is 13.5. The van der Waals surface area contributed by atoms with Crippen molar-refractivity contribution in [3.63, 3.8) is 0 Å². The number of anilines is 3. The molecular weight excluding hydrogens is 288 g/mol. The van der Waals surface area contributed by atoms with Gasteiger partial charge in [0, 0.05) is 35.4 Å². The molecule has 0 aliphatic rings. The van der Waals surface area contributed by atoms with E-state index in [-0.39, 0.29) is 0 Å². The lowest BCUT2D eigenvalue weighted by molar-refractivity contribution is 1.12. The summed E-state index contributed by atoms with van der Waals surface area (Å²) in [7, 11) is 1.91. The first-order valence-electron chi connectivity index (χ1n) is 7.39. The number of fused-ring (bicyclic) bond motifs is 2. The predicted octanol–water partition coefficient (Wildman–Crippen LogP) is 3.60. The highest BCUT2D eigenvalue weighted by molar-refractivity contribution is 5.87. The van der Waals surface area contributed by atoms with Crippen molar-refractivity contribution in [3.8, 4) is 0 Å². The summed E-state index contributed by atoms with van der Waals surface area (Å²) in [5, 5.41) is 15.5. The maximum atomic E-state index is 4.66. The van der Waals surface area contributed by atoms with Crippen LogP contribution in [0.3, 0.4) is 0 Å². The van der Waals surface area contributed by atoms with Gasteiger partial charge in [-0.3, -0.25) is 5.10 Å². The Morgan fingerprint density at radius 1 is 1.04 bits per heavy atom. The highest BCUT2D eigenvalue weighted by Gasteiger charge is 2.07. The van der Waals surface area contributed by atoms with Crippen LogP contribution in [0, 0.1) is 6.92 Å². The highest BCUT2D eigenvalue weighted by Crippen LogP contribution is 2.25. The number of nitrogens with one attached hydrogen (secondary N) is 3. The van der Waals surface area contributed by atoms with Crippen molar-refractivity contribution >= 4 is 39.1 Å². The Bertz CT molecular complexity index is 1000. The lowest BCUT2D eigenvalue weighted by Crippen LogP contribution is -1.99. The van der Waals surface area contributed by atoms with Crippen molar-refractivity contribution in [1.82, 2.24) is 20.2 Å². The molecule has 2 aromatic heterocycles. The molecule has 0 unspecified atom stereocenters. The number of H-pyrrole nitrogens is 1. The average molecular weight is 304 g/mol. The molecule has 0 saturated heterocycles. The molecule has 23 heavy (non-hydrogen) atoms. The molecule has 0 bridgehead atoms. The largest absolute Gasteiger partial charge is 0.388 e. The fraction of sp³-hybridized carbons (Fsp3) is 0.118. The highest BCUT2D eigenvalue weighted by atomic mass is 15.1. The normalized spacial score (nSPS) is 11.0. The summed E-state index contributed by atoms with van der Waals surface area (Å²) in [6.07, 6.45) is 3.64. The van der Waals surface area contributed by atoms with Crippen molar-refractivity contribution in [1.29, 1.82) is 0 Å². The van der Waals surface area contributed by atoms with Gasteiger partial charge in [-0.05, 0) is 42.8 Å². The Kier molecular flexibility index (Phi) is 3.08. The second-order valence-corrected chi connectivity index (χ2v) is 5.42. The SMILES string of the molecule is CNc1ccc2cnc(Nc3ccc4cn[nH]c4c3)nc2c1C. The van der Waals surface area contributed by atoms with E-state index in [1.807, 2.05) is 43.6 Å². The van der Waals surface area contributed by atoms with Crippen LogP contribution in [0.4, 0.5) is 17.3 Å². The number of rotatable bonds is 3. The van der Waals surface area contributed by atoms with E-state index in [9.17, 15) is 0 Å². The molecule has 0 atom stereocenters. The van der Waals surface area contributed by atoms with Gasteiger partial charge in [-0.2, -0.15) is 5.10 Å². The van der Waals surface area contributed by atoms with Gasteiger partial charge in [0.1, 0.15) is 0 Å². The Labute approximate surface area is 133 Å². The molecule has 4 rings (SSSR count). The molecule has 2 aromatic carbocycles. The van der Waals surface area contributed by atoms with E-state index in [2.05, 4.69) is 37.7 Å². The molecule has 0 radical (unpaired) electrons. The van der Waals surface area contributed by atoms with Crippen molar-refractivity contribution < 1.29 is 0 Å². The first-order valence-corrected chi connectivity index (χ1v) is 7.39. The standard InChI is InChI=1S/C17H16N6/c1-10-14(18-2)6-4-12-8-19-17(22-16(10)12)21-13-5-3-11-9-20-23-15(11)7-13/h3-9,18H,1-2H3,(H,20,23)(H,19,21,22). The van der Waals surface area contributed by atoms with Crippen LogP contribution in [0.25, 0.3) is 21.8 Å². The molecule has 0 aliphatic carbocycles. The summed E-state index contributed by atoms with van der Waals surface area (Å²) >= 11 is 0. The van der Waals surface area contributed by atoms with Gasteiger partial charge in [0.25, 0.3) is 0 Å². The van der Waals surface area contributed by atoms with Crippen LogP contribution in [-0.2, 0) is 0 Å². The number of aromatic amines is 1. The average Bonchev–Trinajstić information content (AvgIpc) is 3.03. The molecule has 6 heteroatoms. The van der Waals surface area contributed by atoms with Crippen LogP contribution < -0.4 is 10.6 Å². The molecular formula is C17H16N6. The molecule has 0 spiro atoms. The maximum Gasteiger partial charge on any atom is 0.227 e. The van der Waals surface area contributed by atoms with Gasteiger partial charge in [0.15, 0.2) is 0 Å². The smallest absolute Gasteiger partial charge is 0.227 e. The van der Waals surface area contributed by atoms with Crippen LogP contribution in [0.15, 0.2) is 42.7 Å². The molecule has 114 valence electrons. The number of aryl methyl sites for hydroxylation is 1. The fourth-order valence-corrected chi connectivity index (χ4v) is 2.71. The quantitative estimate of drug-likeness (QED) is 0.539. The van der Waals surface area contributed by atoms with E-state index in [1.54, 1.807) is 6.20 Å². The van der Waals surface area contributed by atoms with Gasteiger partial charge in [0.2, 0.25) is 5.95 Å². The Morgan fingerprint density at radius 3 is 2.78 bits per heavy atom. The summed E-state index contributed by atoms with van der Waals surface area (Å²) in [6, 6.07) is 10.1. The number of hydrogen-bond acceptors (Lipinski definition) is 5. The minimum absolute atomic E-state index is 0.577. The molecule has 6 nitrogen and oxygen atoms in total. The Morgan fingerprint density at radius 2 is 1.91 bits per heavy atom. The third-order valence-corrected chi connectivity index (χ3v) is 3.97. The zero-order valence-corrected chi connectivity index (χ0v) is 12.9. The summed E-state index contributed by atoms with van der Waals surface area (Å²) in [6.45, 7) is 2.06. The minimum Gasteiger partial charge on any atom is -0.388 e. The Balaban J connectivity index is 1.74. The number of aromatic nitrogens is 4. The van der Waals surface area contributed by atoms with Crippen LogP contribution >= 0.6 is 0 Å². The molecule has 0 aliphatic heterocycles. The van der Waals surface area contributed by atoms with Gasteiger partial charge < -0.3 is 10.6 Å². The summed E-state index contributed by atoms with van der Waals surface area (Å²) in [4.78, 5) is 9.06. The minimum atomic E-state index is 0.577. The van der Waals surface area contributed by atoms with Crippen molar-refractivity contribution in [2.75, 3.05) is 17.7 Å². The Hall–Kier alpha value is -3.15. The van der Waals surface area contributed by atoms with E-state index in [4.69, 9.17) is 0 Å².